The molecule has 0 aliphatic carbocycles. The monoisotopic (exact) mass is 684 g/mol. The maximum Gasteiger partial charge on any atom is 0.0645 e. The molecule has 0 saturated carbocycles. The average molecular weight is 686 g/mol. The van der Waals surface area contributed by atoms with Gasteiger partial charge in [0, 0.05) is 26.9 Å². The van der Waals surface area contributed by atoms with E-state index in [2.05, 4.69) is 33.4 Å². The highest BCUT2D eigenvalue weighted by molar-refractivity contribution is 9.10. The number of benzene rings is 8. The lowest BCUT2D eigenvalue weighted by atomic mass is 10.1. The van der Waals surface area contributed by atoms with Crippen LogP contribution in [-0.2, 0) is 0 Å². The van der Waals surface area contributed by atoms with E-state index in [9.17, 15) is 0 Å². The third kappa shape index (κ3) is 8.35. The van der Waals surface area contributed by atoms with Gasteiger partial charge in [0.2, 0.25) is 0 Å². The van der Waals surface area contributed by atoms with E-state index >= 15 is 0 Å². The molecule has 8 aromatic carbocycles. The zero-order valence-corrected chi connectivity index (χ0v) is 26.4. The van der Waals surface area contributed by atoms with E-state index in [1.807, 2.05) is 84.9 Å². The molecule has 2 nitrogen and oxygen atoms in total. The molecule has 0 bridgehead atoms. The smallest absolute Gasteiger partial charge is 0.0645 e. The van der Waals surface area contributed by atoms with Crippen molar-refractivity contribution in [3.8, 4) is 22.3 Å². The minimum atomic E-state index is -0.462. The Morgan fingerprint density at radius 2 is 0.894 bits per heavy atom. The van der Waals surface area contributed by atoms with Crippen LogP contribution in [-0.4, -0.2) is 0 Å². The molecule has 0 atom stereocenters. The van der Waals surface area contributed by atoms with Crippen LogP contribution < -0.4 is 11.1 Å². The Morgan fingerprint density at radius 1 is 0.447 bits per heavy atom. The lowest BCUT2D eigenvalue weighted by Gasteiger charge is -2.10. The van der Waals surface area contributed by atoms with Gasteiger partial charge in [0.15, 0.2) is 0 Å². The minimum absolute atomic E-state index is 0.0334. The molecule has 0 aliphatic heterocycles. The zero-order valence-electron chi connectivity index (χ0n) is 38.8. The van der Waals surface area contributed by atoms with Crippen LogP contribution in [0.2, 0.25) is 0 Å². The molecule has 3 heteroatoms. The SMILES string of the molecule is Nc1ccc(-c2ccccc2)cc1.[2H]c1c([2H])c([2H])c2c(Br)c([2H])c([2H])c([2H])c2c1[2H].[2H]c1c([2H])c([2H])c2c(Nc3ccc(-c4ccccc4)cc3)c([2H])c([2H])c([2H])c2c1[2H]. The lowest BCUT2D eigenvalue weighted by molar-refractivity contribution is 1.56. The van der Waals surface area contributed by atoms with Crippen molar-refractivity contribution in [2.24, 2.45) is 0 Å². The second-order valence-corrected chi connectivity index (χ2v) is 10.8. The van der Waals surface area contributed by atoms with Gasteiger partial charge in [0.05, 0.1) is 19.2 Å². The molecule has 8 aromatic rings. The second-order valence-electron chi connectivity index (χ2n) is 10.00. The molecule has 0 radical (unpaired) electrons. The first kappa shape index (κ1) is 18.5. The van der Waals surface area contributed by atoms with Crippen molar-refractivity contribution in [1.29, 1.82) is 0 Å². The third-order valence-electron chi connectivity index (χ3n) is 6.86. The van der Waals surface area contributed by atoms with Gasteiger partial charge in [-0.2, -0.15) is 0 Å². The van der Waals surface area contributed by atoms with E-state index in [-0.39, 0.29) is 86.1 Å². The number of nitrogens with one attached hydrogen (secondary N) is 1. The summed E-state index contributed by atoms with van der Waals surface area (Å²) in [6, 6.07) is 30.2. The maximum absolute atomic E-state index is 8.31. The van der Waals surface area contributed by atoms with Crippen molar-refractivity contribution in [2.45, 2.75) is 0 Å². The summed E-state index contributed by atoms with van der Waals surface area (Å²) in [6.07, 6.45) is 0. The zero-order chi connectivity index (χ0) is 44.4. The van der Waals surface area contributed by atoms with E-state index < -0.39 is 30.2 Å². The number of hydrogen-bond acceptors (Lipinski definition) is 2. The lowest BCUT2D eigenvalue weighted by Crippen LogP contribution is -1.91. The summed E-state index contributed by atoms with van der Waals surface area (Å²) in [5.41, 5.74) is 11.6. The highest BCUT2D eigenvalue weighted by atomic mass is 79.9. The Bertz CT molecular complexity index is 2810. The molecule has 0 saturated heterocycles. The van der Waals surface area contributed by atoms with Gasteiger partial charge in [0.25, 0.3) is 0 Å². The molecule has 0 heterocycles. The van der Waals surface area contributed by atoms with Crippen molar-refractivity contribution >= 4 is 54.5 Å². The number of fused-ring (bicyclic) bond motifs is 2. The summed E-state index contributed by atoms with van der Waals surface area (Å²) in [7, 11) is 0. The first-order valence-corrected chi connectivity index (χ1v) is 15.2. The summed E-state index contributed by atoms with van der Waals surface area (Å²) >= 11 is 3.07. The number of anilines is 3. The molecular formula is C44H35BrN2. The van der Waals surface area contributed by atoms with Gasteiger partial charge in [-0.05, 0) is 74.8 Å². The van der Waals surface area contributed by atoms with Crippen LogP contribution >= 0.6 is 15.9 Å². The number of halogens is 1. The van der Waals surface area contributed by atoms with Crippen molar-refractivity contribution < 1.29 is 19.2 Å². The van der Waals surface area contributed by atoms with Crippen LogP contribution in [0.25, 0.3) is 43.8 Å². The van der Waals surface area contributed by atoms with Crippen LogP contribution in [0.3, 0.4) is 0 Å². The standard InChI is InChI=1S/C22H17N.C12H11N.C10H7Br/c1-2-7-17(8-3-1)18-13-15-20(16-14-18)23-22-12-6-10-19-9-4-5-11-21(19)22;13-12-8-6-11(7-9-12)10-4-2-1-3-5-10;11-10-7-3-5-8-4-1-2-6-9(8)10/h1-16,23H;1-9H,13H2;1-7H/i4D,5D,6D,9D,10D,11D,12D;;1D,2D,3D,4D,5D,6D,7D. The van der Waals surface area contributed by atoms with Crippen molar-refractivity contribution in [3.05, 3.63) is 198 Å². The Hall–Kier alpha value is -5.64. The highest BCUT2D eigenvalue weighted by Crippen LogP contribution is 2.28. The summed E-state index contributed by atoms with van der Waals surface area (Å²) in [6.45, 7) is 0. The van der Waals surface area contributed by atoms with Gasteiger partial charge >= 0.3 is 0 Å². The molecule has 0 amide bonds. The van der Waals surface area contributed by atoms with Gasteiger partial charge in [-0.25, -0.2) is 0 Å². The number of hydrogen-bond donors (Lipinski definition) is 2. The molecule has 0 aromatic heterocycles. The van der Waals surface area contributed by atoms with Crippen LogP contribution in [0.5, 0.6) is 0 Å². The molecule has 228 valence electrons. The fraction of sp³-hybridized carbons (Fsp3) is 0. The van der Waals surface area contributed by atoms with Gasteiger partial charge < -0.3 is 11.1 Å². The van der Waals surface area contributed by atoms with Gasteiger partial charge in [-0.15, -0.1) is 0 Å². The van der Waals surface area contributed by atoms with Crippen molar-refractivity contribution in [3.63, 3.8) is 0 Å². The topological polar surface area (TPSA) is 38.0 Å². The number of nitrogens with two attached hydrogens (primary N) is 1. The Morgan fingerprint density at radius 3 is 1.49 bits per heavy atom. The van der Waals surface area contributed by atoms with Crippen molar-refractivity contribution in [1.82, 2.24) is 0 Å². The maximum atomic E-state index is 8.31. The van der Waals surface area contributed by atoms with E-state index in [0.29, 0.717) is 5.69 Å². The number of nitrogen functional groups attached to an aromatic ring is 1. The molecule has 0 spiro atoms. The fourth-order valence-corrected chi connectivity index (χ4v) is 4.91. The quantitative estimate of drug-likeness (QED) is 0.181. The summed E-state index contributed by atoms with van der Waals surface area (Å²) in [4.78, 5) is 0. The Balaban J connectivity index is 0.000000170. The fourth-order valence-electron chi connectivity index (χ4n) is 4.52. The van der Waals surface area contributed by atoms with Gasteiger partial charge in [-0.3, -0.25) is 0 Å². The second kappa shape index (κ2) is 15.6. The minimum Gasteiger partial charge on any atom is -0.399 e. The molecule has 3 N–H and O–H groups in total. The summed E-state index contributed by atoms with van der Waals surface area (Å²) < 4.78 is 111. The molecule has 8 rings (SSSR count). The first-order valence-electron chi connectivity index (χ1n) is 21.4. The van der Waals surface area contributed by atoms with E-state index in [1.165, 1.54) is 11.1 Å². The van der Waals surface area contributed by atoms with E-state index in [1.54, 1.807) is 12.1 Å². The van der Waals surface area contributed by atoms with Crippen LogP contribution in [0.1, 0.15) is 19.2 Å². The van der Waals surface area contributed by atoms with E-state index in [0.717, 1.165) is 16.8 Å². The molecular weight excluding hydrogens is 636 g/mol. The Kier molecular flexibility index (Phi) is 6.13. The normalized spacial score (nSPS) is 14.5. The third-order valence-corrected chi connectivity index (χ3v) is 7.45. The van der Waals surface area contributed by atoms with E-state index in [4.69, 9.17) is 24.9 Å². The highest BCUT2D eigenvalue weighted by Gasteiger charge is 2.02. The predicted octanol–water partition coefficient (Wildman–Crippen LogP) is 12.8. The molecule has 0 unspecified atom stereocenters. The van der Waals surface area contributed by atoms with Crippen molar-refractivity contribution in [2.75, 3.05) is 11.1 Å². The predicted molar refractivity (Wildman–Crippen MR) is 207 cm³/mol. The molecule has 0 fully saturated rings. The van der Waals surface area contributed by atoms with Crippen LogP contribution in [0.15, 0.2) is 198 Å². The number of rotatable bonds is 4. The van der Waals surface area contributed by atoms with Crippen LogP contribution in [0.4, 0.5) is 17.1 Å². The Labute approximate surface area is 305 Å². The average Bonchev–Trinajstić information content (AvgIpc) is 3.28. The molecule has 47 heavy (non-hydrogen) atoms. The van der Waals surface area contributed by atoms with Gasteiger partial charge in [-0.1, -0.05) is 173 Å². The molecule has 0 aliphatic rings. The summed E-state index contributed by atoms with van der Waals surface area (Å²) in [5, 5.41) is 3.06. The first-order chi connectivity index (χ1) is 29.0. The summed E-state index contributed by atoms with van der Waals surface area (Å²) in [5.74, 6) is 0. The van der Waals surface area contributed by atoms with Crippen LogP contribution in [0, 0.1) is 0 Å². The largest absolute Gasteiger partial charge is 0.399 e. The van der Waals surface area contributed by atoms with Gasteiger partial charge in [0.1, 0.15) is 0 Å².